The zero-order chi connectivity index (χ0) is 11.5. The molecule has 0 spiro atoms. The van der Waals surface area contributed by atoms with E-state index in [2.05, 4.69) is 6.92 Å². The molecular formula is C13H19NO. The fraction of sp³-hybridized carbons (Fsp3) is 0.462. The van der Waals surface area contributed by atoms with Gasteiger partial charge in [-0.3, -0.25) is 4.79 Å². The Morgan fingerprint density at radius 1 is 1.27 bits per heavy atom. The van der Waals surface area contributed by atoms with E-state index in [1.54, 1.807) is 6.92 Å². The number of hydrogen-bond acceptors (Lipinski definition) is 2. The van der Waals surface area contributed by atoms with Crippen molar-refractivity contribution in [2.45, 2.75) is 39.2 Å². The van der Waals surface area contributed by atoms with E-state index in [1.807, 2.05) is 31.2 Å². The zero-order valence-electron chi connectivity index (χ0n) is 9.71. The Bertz CT molecular complexity index is 338. The van der Waals surface area contributed by atoms with Crippen molar-refractivity contribution in [2.75, 3.05) is 0 Å². The standard InChI is InChI=1S/C13H19NO/c1-4-10-6-8-11(9-7-10)12(15)13(3,14)5-2/h6-9H,4-5,14H2,1-3H3. The maximum atomic E-state index is 12.0. The number of carbonyl (C=O) groups is 1. The first-order valence-electron chi connectivity index (χ1n) is 5.44. The molecule has 82 valence electrons. The lowest BCUT2D eigenvalue weighted by molar-refractivity contribution is 0.0898. The van der Waals surface area contributed by atoms with Crippen LogP contribution >= 0.6 is 0 Å². The van der Waals surface area contributed by atoms with Gasteiger partial charge in [0.05, 0.1) is 5.54 Å². The SMILES string of the molecule is CCc1ccc(C(=O)C(C)(N)CC)cc1. The number of rotatable bonds is 4. The molecule has 1 aromatic rings. The van der Waals surface area contributed by atoms with Crippen molar-refractivity contribution in [3.05, 3.63) is 35.4 Å². The highest BCUT2D eigenvalue weighted by Crippen LogP contribution is 2.15. The van der Waals surface area contributed by atoms with Crippen LogP contribution in [0.4, 0.5) is 0 Å². The molecule has 0 aliphatic heterocycles. The van der Waals surface area contributed by atoms with Crippen LogP contribution in [0.3, 0.4) is 0 Å². The van der Waals surface area contributed by atoms with E-state index in [1.165, 1.54) is 5.56 Å². The van der Waals surface area contributed by atoms with Crippen LogP contribution in [-0.2, 0) is 6.42 Å². The van der Waals surface area contributed by atoms with Crippen molar-refractivity contribution >= 4 is 5.78 Å². The van der Waals surface area contributed by atoms with Gasteiger partial charge in [0.15, 0.2) is 5.78 Å². The van der Waals surface area contributed by atoms with Crippen molar-refractivity contribution in [3.8, 4) is 0 Å². The Kier molecular flexibility index (Phi) is 3.64. The zero-order valence-corrected chi connectivity index (χ0v) is 9.71. The normalized spacial score (nSPS) is 14.7. The third-order valence-electron chi connectivity index (χ3n) is 2.88. The van der Waals surface area contributed by atoms with E-state index in [9.17, 15) is 4.79 Å². The first-order valence-corrected chi connectivity index (χ1v) is 5.44. The summed E-state index contributed by atoms with van der Waals surface area (Å²) in [6, 6.07) is 7.70. The molecule has 0 saturated heterocycles. The van der Waals surface area contributed by atoms with Crippen molar-refractivity contribution in [3.63, 3.8) is 0 Å². The number of Topliss-reactive ketones (excluding diaryl/α,β-unsaturated/α-hetero) is 1. The first kappa shape index (κ1) is 11.9. The van der Waals surface area contributed by atoms with Crippen LogP contribution in [0.2, 0.25) is 0 Å². The summed E-state index contributed by atoms with van der Waals surface area (Å²) in [6.07, 6.45) is 1.64. The van der Waals surface area contributed by atoms with Crippen molar-refractivity contribution < 1.29 is 4.79 Å². The fourth-order valence-electron chi connectivity index (χ4n) is 1.38. The minimum absolute atomic E-state index is 0.0210. The Labute approximate surface area is 91.5 Å². The van der Waals surface area contributed by atoms with E-state index in [4.69, 9.17) is 5.73 Å². The minimum Gasteiger partial charge on any atom is -0.319 e. The highest BCUT2D eigenvalue weighted by atomic mass is 16.1. The topological polar surface area (TPSA) is 43.1 Å². The molecule has 2 nitrogen and oxygen atoms in total. The molecule has 0 saturated carbocycles. The molecule has 2 heteroatoms. The number of nitrogens with two attached hydrogens (primary N) is 1. The quantitative estimate of drug-likeness (QED) is 0.768. The lowest BCUT2D eigenvalue weighted by atomic mass is 9.89. The van der Waals surface area contributed by atoms with Crippen LogP contribution in [0.1, 0.15) is 43.1 Å². The molecule has 0 fully saturated rings. The lowest BCUT2D eigenvalue weighted by Crippen LogP contribution is -2.44. The van der Waals surface area contributed by atoms with Crippen LogP contribution in [0.25, 0.3) is 0 Å². The highest BCUT2D eigenvalue weighted by Gasteiger charge is 2.26. The number of benzene rings is 1. The van der Waals surface area contributed by atoms with Gasteiger partial charge in [0.25, 0.3) is 0 Å². The molecule has 1 atom stereocenters. The summed E-state index contributed by atoms with van der Waals surface area (Å²) in [5, 5.41) is 0. The second-order valence-electron chi connectivity index (χ2n) is 4.15. The van der Waals surface area contributed by atoms with Gasteiger partial charge in [0.1, 0.15) is 0 Å². The van der Waals surface area contributed by atoms with Gasteiger partial charge < -0.3 is 5.73 Å². The molecule has 0 radical (unpaired) electrons. The highest BCUT2D eigenvalue weighted by molar-refractivity contribution is 6.02. The summed E-state index contributed by atoms with van der Waals surface area (Å²) in [4.78, 5) is 12.0. The number of aryl methyl sites for hydroxylation is 1. The Morgan fingerprint density at radius 2 is 1.80 bits per heavy atom. The summed E-state index contributed by atoms with van der Waals surface area (Å²) in [6.45, 7) is 5.80. The Hall–Kier alpha value is -1.15. The molecule has 0 aliphatic rings. The van der Waals surface area contributed by atoms with Gasteiger partial charge in [0.2, 0.25) is 0 Å². The second kappa shape index (κ2) is 4.58. The Balaban J connectivity index is 2.92. The minimum atomic E-state index is -0.742. The summed E-state index contributed by atoms with van der Waals surface area (Å²) in [5.74, 6) is 0.0210. The third-order valence-corrected chi connectivity index (χ3v) is 2.88. The van der Waals surface area contributed by atoms with E-state index < -0.39 is 5.54 Å². The van der Waals surface area contributed by atoms with Crippen LogP contribution in [0, 0.1) is 0 Å². The summed E-state index contributed by atoms with van der Waals surface area (Å²) < 4.78 is 0. The van der Waals surface area contributed by atoms with E-state index >= 15 is 0 Å². The first-order chi connectivity index (χ1) is 7.01. The van der Waals surface area contributed by atoms with Crippen molar-refractivity contribution in [1.82, 2.24) is 0 Å². The van der Waals surface area contributed by atoms with Crippen molar-refractivity contribution in [1.29, 1.82) is 0 Å². The van der Waals surface area contributed by atoms with Crippen LogP contribution in [0.5, 0.6) is 0 Å². The molecule has 0 aromatic heterocycles. The molecule has 1 unspecified atom stereocenters. The molecule has 1 aromatic carbocycles. The van der Waals surface area contributed by atoms with Crippen LogP contribution < -0.4 is 5.73 Å². The number of ketones is 1. The lowest BCUT2D eigenvalue weighted by Gasteiger charge is -2.20. The van der Waals surface area contributed by atoms with Gasteiger partial charge in [-0.25, -0.2) is 0 Å². The monoisotopic (exact) mass is 205 g/mol. The molecule has 0 heterocycles. The smallest absolute Gasteiger partial charge is 0.182 e. The molecule has 15 heavy (non-hydrogen) atoms. The van der Waals surface area contributed by atoms with Gasteiger partial charge in [-0.15, -0.1) is 0 Å². The number of carbonyl (C=O) groups excluding carboxylic acids is 1. The Morgan fingerprint density at radius 3 is 2.20 bits per heavy atom. The predicted octanol–water partition coefficient (Wildman–Crippen LogP) is 2.56. The average Bonchev–Trinajstić information content (AvgIpc) is 2.28. The largest absolute Gasteiger partial charge is 0.319 e. The summed E-state index contributed by atoms with van der Waals surface area (Å²) in [5.41, 5.74) is 7.12. The van der Waals surface area contributed by atoms with Crippen LogP contribution in [-0.4, -0.2) is 11.3 Å². The van der Waals surface area contributed by atoms with E-state index in [0.717, 1.165) is 6.42 Å². The van der Waals surface area contributed by atoms with Gasteiger partial charge in [-0.05, 0) is 25.3 Å². The molecule has 0 bridgehead atoms. The van der Waals surface area contributed by atoms with Gasteiger partial charge in [-0.2, -0.15) is 0 Å². The molecular weight excluding hydrogens is 186 g/mol. The van der Waals surface area contributed by atoms with E-state index in [0.29, 0.717) is 12.0 Å². The van der Waals surface area contributed by atoms with Crippen LogP contribution in [0.15, 0.2) is 24.3 Å². The van der Waals surface area contributed by atoms with Gasteiger partial charge >= 0.3 is 0 Å². The maximum absolute atomic E-state index is 12.0. The summed E-state index contributed by atoms with van der Waals surface area (Å²) >= 11 is 0. The summed E-state index contributed by atoms with van der Waals surface area (Å²) in [7, 11) is 0. The fourth-order valence-corrected chi connectivity index (χ4v) is 1.38. The van der Waals surface area contributed by atoms with Gasteiger partial charge in [-0.1, -0.05) is 38.1 Å². The second-order valence-corrected chi connectivity index (χ2v) is 4.15. The average molecular weight is 205 g/mol. The molecule has 0 amide bonds. The maximum Gasteiger partial charge on any atom is 0.182 e. The van der Waals surface area contributed by atoms with E-state index in [-0.39, 0.29) is 5.78 Å². The third kappa shape index (κ3) is 2.66. The predicted molar refractivity (Wildman–Crippen MR) is 63.0 cm³/mol. The molecule has 1 rings (SSSR count). The molecule has 0 aliphatic carbocycles. The molecule has 2 N–H and O–H groups in total. The van der Waals surface area contributed by atoms with Gasteiger partial charge in [0, 0.05) is 5.56 Å². The number of hydrogen-bond donors (Lipinski definition) is 1. The van der Waals surface area contributed by atoms with Crippen molar-refractivity contribution in [2.24, 2.45) is 5.73 Å².